The van der Waals surface area contributed by atoms with Gasteiger partial charge in [0.05, 0.1) is 13.2 Å². The lowest BCUT2D eigenvalue weighted by molar-refractivity contribution is 0.101. The number of aromatic nitrogens is 2. The van der Waals surface area contributed by atoms with E-state index < -0.39 is 6.10 Å². The first-order valence-electron chi connectivity index (χ1n) is 9.29. The van der Waals surface area contributed by atoms with Gasteiger partial charge in [-0.15, -0.1) is 10.2 Å². The van der Waals surface area contributed by atoms with Gasteiger partial charge in [0.15, 0.2) is 21.6 Å². The topological polar surface area (TPSA) is 93.6 Å². The highest BCUT2D eigenvalue weighted by Gasteiger charge is 2.13. The fourth-order valence-electron chi connectivity index (χ4n) is 2.52. The first-order chi connectivity index (χ1) is 14.5. The number of Topliss-reactive ketones (excluding diaryl/α,β-unsaturated/α-hetero) is 1. The van der Waals surface area contributed by atoms with Gasteiger partial charge in [-0.05, 0) is 30.7 Å². The van der Waals surface area contributed by atoms with Crippen LogP contribution in [0, 0.1) is 0 Å². The van der Waals surface area contributed by atoms with E-state index >= 15 is 0 Å². The summed E-state index contributed by atoms with van der Waals surface area (Å²) in [6, 6.07) is 15.0. The quantitative estimate of drug-likeness (QED) is 0.339. The van der Waals surface area contributed by atoms with Crippen molar-refractivity contribution in [1.29, 1.82) is 0 Å². The number of thioether (sulfide) groups is 1. The Morgan fingerprint density at radius 2 is 2.00 bits per heavy atom. The fraction of sp³-hybridized carbons (Fsp3) is 0.286. The molecule has 158 valence electrons. The van der Waals surface area contributed by atoms with E-state index in [9.17, 15) is 9.90 Å². The molecule has 9 heteroatoms. The number of nitrogens with one attached hydrogen (secondary N) is 1. The number of methoxy groups -OCH3 is 1. The van der Waals surface area contributed by atoms with Gasteiger partial charge in [-0.3, -0.25) is 4.79 Å². The summed E-state index contributed by atoms with van der Waals surface area (Å²) in [5.74, 6) is 1.31. The van der Waals surface area contributed by atoms with Crippen molar-refractivity contribution in [2.45, 2.75) is 23.9 Å². The Bertz CT molecular complexity index is 966. The minimum absolute atomic E-state index is 0.0500. The minimum atomic E-state index is -0.697. The van der Waals surface area contributed by atoms with Gasteiger partial charge in [0, 0.05) is 17.9 Å². The molecule has 30 heavy (non-hydrogen) atoms. The van der Waals surface area contributed by atoms with E-state index in [-0.39, 0.29) is 12.4 Å². The lowest BCUT2D eigenvalue weighted by Crippen LogP contribution is -2.20. The van der Waals surface area contributed by atoms with Gasteiger partial charge in [-0.1, -0.05) is 53.4 Å². The van der Waals surface area contributed by atoms with E-state index in [1.54, 1.807) is 18.2 Å². The molecule has 1 heterocycles. The number of rotatable bonds is 11. The molecule has 0 bridgehead atoms. The highest BCUT2D eigenvalue weighted by Crippen LogP contribution is 2.29. The van der Waals surface area contributed by atoms with Crippen molar-refractivity contribution in [1.82, 2.24) is 10.2 Å². The molecule has 1 unspecified atom stereocenters. The maximum atomic E-state index is 11.5. The standard InChI is InChI=1S/C21H23N3O4S2/c1-14(25)16-8-9-18(19(10-16)27-2)28-12-17(26)13-29-21-24-23-20(30-21)22-11-15-6-4-3-5-7-15/h3-10,17,26H,11-13H2,1-2H3,(H,22,23). The number of ether oxygens (including phenoxy) is 2. The summed E-state index contributed by atoms with van der Waals surface area (Å²) in [7, 11) is 1.51. The normalized spacial score (nSPS) is 11.7. The van der Waals surface area contributed by atoms with Crippen LogP contribution in [0.3, 0.4) is 0 Å². The van der Waals surface area contributed by atoms with E-state index in [2.05, 4.69) is 15.5 Å². The maximum Gasteiger partial charge on any atom is 0.206 e. The molecule has 1 aromatic heterocycles. The number of hydrogen-bond acceptors (Lipinski definition) is 9. The summed E-state index contributed by atoms with van der Waals surface area (Å²) in [5, 5.41) is 22.5. The molecule has 3 rings (SSSR count). The molecular formula is C21H23N3O4S2. The summed E-state index contributed by atoms with van der Waals surface area (Å²) >= 11 is 2.87. The van der Waals surface area contributed by atoms with Gasteiger partial charge in [-0.25, -0.2) is 0 Å². The lowest BCUT2D eigenvalue weighted by Gasteiger charge is -2.14. The second-order valence-electron chi connectivity index (χ2n) is 6.41. The monoisotopic (exact) mass is 445 g/mol. The van der Waals surface area contributed by atoms with Gasteiger partial charge in [0.2, 0.25) is 5.13 Å². The summed E-state index contributed by atoms with van der Waals surface area (Å²) < 4.78 is 11.7. The third-order valence-corrected chi connectivity index (χ3v) is 6.25. The van der Waals surface area contributed by atoms with Crippen LogP contribution >= 0.6 is 23.1 Å². The molecule has 0 fully saturated rings. The van der Waals surface area contributed by atoms with E-state index in [0.717, 1.165) is 9.47 Å². The molecule has 3 aromatic rings. The molecule has 0 spiro atoms. The minimum Gasteiger partial charge on any atom is -0.493 e. The Kier molecular flexibility index (Phi) is 8.06. The molecule has 7 nitrogen and oxygen atoms in total. The van der Waals surface area contributed by atoms with Crippen molar-refractivity contribution >= 4 is 34.0 Å². The average Bonchev–Trinajstić information content (AvgIpc) is 3.23. The third kappa shape index (κ3) is 6.45. The Hall–Kier alpha value is -2.62. The number of hydrogen-bond donors (Lipinski definition) is 2. The maximum absolute atomic E-state index is 11.5. The Labute approximate surface area is 183 Å². The number of carbonyl (C=O) groups is 1. The van der Waals surface area contributed by atoms with Crippen LogP contribution in [0.1, 0.15) is 22.8 Å². The first kappa shape index (κ1) is 22.1. The average molecular weight is 446 g/mol. The highest BCUT2D eigenvalue weighted by molar-refractivity contribution is 8.01. The van der Waals surface area contributed by atoms with Crippen molar-refractivity contribution in [3.05, 3.63) is 59.7 Å². The van der Waals surface area contributed by atoms with E-state index in [0.29, 0.717) is 29.4 Å². The van der Waals surface area contributed by atoms with E-state index in [4.69, 9.17) is 9.47 Å². The Morgan fingerprint density at radius 3 is 2.73 bits per heavy atom. The van der Waals surface area contributed by atoms with Gasteiger partial charge >= 0.3 is 0 Å². The van der Waals surface area contributed by atoms with Gasteiger partial charge in [0.25, 0.3) is 0 Å². The molecule has 0 radical (unpaired) electrons. The molecule has 2 N–H and O–H groups in total. The van der Waals surface area contributed by atoms with Crippen molar-refractivity contribution in [2.75, 3.05) is 24.8 Å². The number of ketones is 1. The molecular weight excluding hydrogens is 422 g/mol. The van der Waals surface area contributed by atoms with Gasteiger partial charge < -0.3 is 19.9 Å². The zero-order valence-corrected chi connectivity index (χ0v) is 18.3. The Morgan fingerprint density at radius 1 is 1.20 bits per heavy atom. The third-order valence-electron chi connectivity index (χ3n) is 4.09. The van der Waals surface area contributed by atoms with Gasteiger partial charge in [0.1, 0.15) is 6.61 Å². The highest BCUT2D eigenvalue weighted by atomic mass is 32.2. The number of aliphatic hydroxyl groups excluding tert-OH is 1. The van der Waals surface area contributed by atoms with Crippen LogP contribution in [0.4, 0.5) is 5.13 Å². The van der Waals surface area contributed by atoms with E-state index in [1.807, 2.05) is 30.3 Å². The zero-order valence-electron chi connectivity index (χ0n) is 16.7. The van der Waals surface area contributed by atoms with Crippen LogP contribution in [0.2, 0.25) is 0 Å². The number of aliphatic hydroxyl groups is 1. The molecule has 2 aromatic carbocycles. The van der Waals surface area contributed by atoms with Crippen LogP contribution in [0.15, 0.2) is 52.9 Å². The SMILES string of the molecule is COc1cc(C(C)=O)ccc1OCC(O)CSc1nnc(NCc2ccccc2)s1. The summed E-state index contributed by atoms with van der Waals surface area (Å²) in [6.07, 6.45) is -0.697. The van der Waals surface area contributed by atoms with E-state index in [1.165, 1.54) is 42.7 Å². The molecule has 0 aliphatic carbocycles. The van der Waals surface area contributed by atoms with Crippen molar-refractivity contribution in [3.63, 3.8) is 0 Å². The summed E-state index contributed by atoms with van der Waals surface area (Å²) in [6.45, 7) is 2.27. The van der Waals surface area contributed by atoms with Crippen LogP contribution in [0.25, 0.3) is 0 Å². The first-order valence-corrected chi connectivity index (χ1v) is 11.1. The second-order valence-corrected chi connectivity index (χ2v) is 8.65. The fourth-order valence-corrected chi connectivity index (χ4v) is 4.20. The summed E-state index contributed by atoms with van der Waals surface area (Å²) in [5.41, 5.74) is 1.71. The molecule has 0 amide bonds. The number of carbonyl (C=O) groups excluding carboxylic acids is 1. The Balaban J connectivity index is 1.44. The largest absolute Gasteiger partial charge is 0.493 e. The van der Waals surface area contributed by atoms with Crippen LogP contribution in [-0.4, -0.2) is 46.7 Å². The van der Waals surface area contributed by atoms with Gasteiger partial charge in [-0.2, -0.15) is 0 Å². The predicted octanol–water partition coefficient (Wildman–Crippen LogP) is 3.89. The number of benzene rings is 2. The molecule has 0 saturated carbocycles. The molecule has 1 atom stereocenters. The predicted molar refractivity (Wildman–Crippen MR) is 119 cm³/mol. The lowest BCUT2D eigenvalue weighted by atomic mass is 10.1. The van der Waals surface area contributed by atoms with Crippen molar-refractivity contribution in [3.8, 4) is 11.5 Å². The smallest absolute Gasteiger partial charge is 0.206 e. The zero-order chi connectivity index (χ0) is 21.3. The number of anilines is 1. The van der Waals surface area contributed by atoms with Crippen molar-refractivity contribution < 1.29 is 19.4 Å². The molecule has 0 aliphatic rings. The second kappa shape index (κ2) is 11.0. The molecule has 0 aliphatic heterocycles. The van der Waals surface area contributed by atoms with Crippen LogP contribution in [-0.2, 0) is 6.54 Å². The van der Waals surface area contributed by atoms with Crippen LogP contribution in [0.5, 0.6) is 11.5 Å². The van der Waals surface area contributed by atoms with Crippen molar-refractivity contribution in [2.24, 2.45) is 0 Å². The summed E-state index contributed by atoms with van der Waals surface area (Å²) in [4.78, 5) is 11.5. The number of nitrogens with zero attached hydrogens (tertiary/aromatic N) is 2. The van der Waals surface area contributed by atoms with Crippen LogP contribution < -0.4 is 14.8 Å². The molecule has 0 saturated heterocycles.